The van der Waals surface area contributed by atoms with Gasteiger partial charge < -0.3 is 5.32 Å². The quantitative estimate of drug-likeness (QED) is 0.703. The molecule has 0 unspecified atom stereocenters. The molecule has 0 radical (unpaired) electrons. The van der Waals surface area contributed by atoms with E-state index in [1.807, 2.05) is 26.0 Å². The van der Waals surface area contributed by atoms with Crippen molar-refractivity contribution in [3.05, 3.63) is 34.9 Å². The molecule has 0 fully saturated rings. The Hall–Kier alpha value is -2.21. The molecule has 2 N–H and O–H groups in total. The van der Waals surface area contributed by atoms with E-state index in [-0.39, 0.29) is 5.28 Å². The third-order valence-electron chi connectivity index (χ3n) is 2.72. The summed E-state index contributed by atoms with van der Waals surface area (Å²) in [4.78, 5) is 12.6. The fourth-order valence-corrected chi connectivity index (χ4v) is 1.98. The summed E-state index contributed by atoms with van der Waals surface area (Å²) in [5.41, 5.74) is 3.30. The van der Waals surface area contributed by atoms with E-state index in [1.165, 1.54) is 0 Å². The highest BCUT2D eigenvalue weighted by Gasteiger charge is 2.12. The molecule has 0 amide bonds. The number of aromatic nitrogens is 5. The molecule has 0 atom stereocenters. The third kappa shape index (κ3) is 2.22. The average molecular weight is 275 g/mol. The van der Waals surface area contributed by atoms with E-state index in [0.29, 0.717) is 22.7 Å². The molecular weight excluding hydrogens is 264 g/mol. The number of aromatic amines is 1. The van der Waals surface area contributed by atoms with Crippen molar-refractivity contribution in [1.29, 1.82) is 0 Å². The van der Waals surface area contributed by atoms with E-state index in [0.717, 1.165) is 11.3 Å². The number of nitrogens with zero attached hydrogens (tertiary/aromatic N) is 4. The van der Waals surface area contributed by atoms with Gasteiger partial charge in [0.05, 0.1) is 5.69 Å². The van der Waals surface area contributed by atoms with E-state index < -0.39 is 0 Å². The van der Waals surface area contributed by atoms with E-state index >= 15 is 0 Å². The topological polar surface area (TPSA) is 79.4 Å². The predicted molar refractivity (Wildman–Crippen MR) is 73.7 cm³/mol. The number of H-pyrrole nitrogens is 1. The van der Waals surface area contributed by atoms with Gasteiger partial charge in [-0.25, -0.2) is 9.97 Å². The molecule has 0 aliphatic rings. The fourth-order valence-electron chi connectivity index (χ4n) is 1.81. The van der Waals surface area contributed by atoms with Crippen LogP contribution < -0.4 is 5.32 Å². The van der Waals surface area contributed by atoms with E-state index in [9.17, 15) is 0 Å². The predicted octanol–water partition coefficient (Wildman–Crippen LogP) is 2.76. The SMILES string of the molecule is Cc1ccnc(Nc2nc(Cl)nc3c(C)n[nH]c23)c1. The molecule has 0 aromatic carbocycles. The van der Waals surface area contributed by atoms with Gasteiger partial charge in [-0.2, -0.15) is 10.1 Å². The van der Waals surface area contributed by atoms with Crippen molar-refractivity contribution >= 4 is 34.3 Å². The summed E-state index contributed by atoms with van der Waals surface area (Å²) in [5.74, 6) is 1.26. The molecule has 19 heavy (non-hydrogen) atoms. The number of rotatable bonds is 2. The minimum Gasteiger partial charge on any atom is -0.323 e. The van der Waals surface area contributed by atoms with E-state index in [4.69, 9.17) is 11.6 Å². The van der Waals surface area contributed by atoms with Gasteiger partial charge in [0.1, 0.15) is 16.9 Å². The molecule has 0 bridgehead atoms. The molecule has 0 aliphatic heterocycles. The normalized spacial score (nSPS) is 10.9. The molecule has 96 valence electrons. The number of anilines is 2. The highest BCUT2D eigenvalue weighted by Crippen LogP contribution is 2.24. The molecular formula is C12H11ClN6. The van der Waals surface area contributed by atoms with Crippen LogP contribution in [0, 0.1) is 13.8 Å². The first-order valence-corrected chi connectivity index (χ1v) is 6.09. The Labute approximate surface area is 114 Å². The Morgan fingerprint density at radius 3 is 2.89 bits per heavy atom. The van der Waals surface area contributed by atoms with Gasteiger partial charge in [0.15, 0.2) is 5.82 Å². The summed E-state index contributed by atoms with van der Waals surface area (Å²) < 4.78 is 0. The molecule has 6 nitrogen and oxygen atoms in total. The highest BCUT2D eigenvalue weighted by molar-refractivity contribution is 6.28. The molecule has 3 aromatic heterocycles. The van der Waals surface area contributed by atoms with Crippen molar-refractivity contribution in [1.82, 2.24) is 25.1 Å². The first-order valence-electron chi connectivity index (χ1n) is 5.71. The Morgan fingerprint density at radius 1 is 1.26 bits per heavy atom. The van der Waals surface area contributed by atoms with Crippen molar-refractivity contribution in [3.8, 4) is 0 Å². The Bertz CT molecular complexity index is 751. The molecule has 3 rings (SSSR count). The number of fused-ring (bicyclic) bond motifs is 1. The van der Waals surface area contributed by atoms with Crippen molar-refractivity contribution in [2.75, 3.05) is 5.32 Å². The zero-order valence-corrected chi connectivity index (χ0v) is 11.2. The van der Waals surface area contributed by atoms with Crippen molar-refractivity contribution < 1.29 is 0 Å². The van der Waals surface area contributed by atoms with Gasteiger partial charge in [-0.15, -0.1) is 0 Å². The molecule has 0 saturated carbocycles. The summed E-state index contributed by atoms with van der Waals surface area (Å²) in [7, 11) is 0. The van der Waals surface area contributed by atoms with Gasteiger partial charge in [0.25, 0.3) is 0 Å². The first-order chi connectivity index (χ1) is 9.13. The molecule has 3 heterocycles. The lowest BCUT2D eigenvalue weighted by atomic mass is 10.3. The van der Waals surface area contributed by atoms with Crippen LogP contribution in [0.2, 0.25) is 5.28 Å². The summed E-state index contributed by atoms with van der Waals surface area (Å²) in [6.07, 6.45) is 1.73. The van der Waals surface area contributed by atoms with Crippen LogP contribution in [0.4, 0.5) is 11.6 Å². The molecule has 0 saturated heterocycles. The largest absolute Gasteiger partial charge is 0.323 e. The standard InChI is InChI=1S/C12H11ClN6/c1-6-3-4-14-8(5-6)15-11-10-9(7(2)18-19-10)16-12(13)17-11/h3-5H,1-2H3,(H,18,19)(H,14,15,16,17). The number of halogens is 1. The van der Waals surface area contributed by atoms with Crippen LogP contribution in [0.5, 0.6) is 0 Å². The van der Waals surface area contributed by atoms with Crippen LogP contribution in [0.25, 0.3) is 11.0 Å². The maximum Gasteiger partial charge on any atom is 0.225 e. The van der Waals surface area contributed by atoms with Gasteiger partial charge >= 0.3 is 0 Å². The second kappa shape index (κ2) is 4.47. The average Bonchev–Trinajstić information content (AvgIpc) is 2.71. The second-order valence-corrected chi connectivity index (χ2v) is 4.56. The molecule has 7 heteroatoms. The fraction of sp³-hybridized carbons (Fsp3) is 0.167. The number of hydrogen-bond donors (Lipinski definition) is 2. The van der Waals surface area contributed by atoms with Gasteiger partial charge in [0.2, 0.25) is 5.28 Å². The van der Waals surface area contributed by atoms with Crippen LogP contribution in [0.1, 0.15) is 11.3 Å². The molecule has 0 aliphatic carbocycles. The lowest BCUT2D eigenvalue weighted by Crippen LogP contribution is -1.99. The summed E-state index contributed by atoms with van der Waals surface area (Å²) in [6, 6.07) is 3.85. The van der Waals surface area contributed by atoms with Crippen molar-refractivity contribution in [2.24, 2.45) is 0 Å². The summed E-state index contributed by atoms with van der Waals surface area (Å²) in [5, 5.41) is 10.3. The van der Waals surface area contributed by atoms with Crippen molar-refractivity contribution in [2.45, 2.75) is 13.8 Å². The van der Waals surface area contributed by atoms with Crippen LogP contribution in [0.15, 0.2) is 18.3 Å². The minimum atomic E-state index is 0.173. The van der Waals surface area contributed by atoms with Gasteiger partial charge in [0, 0.05) is 6.20 Å². The molecule has 3 aromatic rings. The Morgan fingerprint density at radius 2 is 2.11 bits per heavy atom. The highest BCUT2D eigenvalue weighted by atomic mass is 35.5. The zero-order chi connectivity index (χ0) is 13.4. The van der Waals surface area contributed by atoms with Gasteiger partial charge in [-0.3, -0.25) is 5.10 Å². The second-order valence-electron chi connectivity index (χ2n) is 4.22. The lowest BCUT2D eigenvalue weighted by molar-refractivity contribution is 1.07. The smallest absolute Gasteiger partial charge is 0.225 e. The lowest BCUT2D eigenvalue weighted by Gasteiger charge is -2.06. The van der Waals surface area contributed by atoms with Gasteiger partial charge in [-0.1, -0.05) is 0 Å². The van der Waals surface area contributed by atoms with Crippen LogP contribution in [-0.4, -0.2) is 25.1 Å². The first kappa shape index (κ1) is 11.9. The maximum atomic E-state index is 5.93. The molecule has 0 spiro atoms. The van der Waals surface area contributed by atoms with Crippen LogP contribution in [-0.2, 0) is 0 Å². The zero-order valence-electron chi connectivity index (χ0n) is 10.4. The van der Waals surface area contributed by atoms with Crippen LogP contribution >= 0.6 is 11.6 Å². The summed E-state index contributed by atoms with van der Waals surface area (Å²) >= 11 is 5.93. The number of aryl methyl sites for hydroxylation is 2. The third-order valence-corrected chi connectivity index (χ3v) is 2.89. The Kier molecular flexibility index (Phi) is 2.79. The van der Waals surface area contributed by atoms with Crippen LogP contribution in [0.3, 0.4) is 0 Å². The number of hydrogen-bond acceptors (Lipinski definition) is 5. The summed E-state index contributed by atoms with van der Waals surface area (Å²) in [6.45, 7) is 3.85. The van der Waals surface area contributed by atoms with Crippen molar-refractivity contribution in [3.63, 3.8) is 0 Å². The number of pyridine rings is 1. The Balaban J connectivity index is 2.10. The van der Waals surface area contributed by atoms with Gasteiger partial charge in [-0.05, 0) is 43.1 Å². The van der Waals surface area contributed by atoms with E-state index in [1.54, 1.807) is 6.20 Å². The van der Waals surface area contributed by atoms with E-state index in [2.05, 4.69) is 30.5 Å². The minimum absolute atomic E-state index is 0.173. The maximum absolute atomic E-state index is 5.93. The number of nitrogens with one attached hydrogen (secondary N) is 2. The monoisotopic (exact) mass is 274 g/mol.